The minimum Gasteiger partial charge on any atom is -0.306 e. The predicted octanol–water partition coefficient (Wildman–Crippen LogP) is 5.86. The van der Waals surface area contributed by atoms with E-state index in [0.29, 0.717) is 0 Å². The lowest BCUT2D eigenvalue weighted by atomic mass is 10.0. The second kappa shape index (κ2) is 7.45. The van der Waals surface area contributed by atoms with E-state index >= 15 is 0 Å². The minimum absolute atomic E-state index is 0.212. The van der Waals surface area contributed by atoms with E-state index in [1.165, 1.54) is 16.7 Å². The monoisotopic (exact) mass is 321 g/mol. The third-order valence-electron chi connectivity index (χ3n) is 4.02. The first kappa shape index (κ1) is 15.8. The van der Waals surface area contributed by atoms with Crippen LogP contribution in [0, 0.1) is 0 Å². The van der Waals surface area contributed by atoms with Gasteiger partial charge in [0, 0.05) is 17.6 Å². The summed E-state index contributed by atoms with van der Waals surface area (Å²) in [5.74, 6) is 0. The molecule has 0 aliphatic carbocycles. The number of hydrogen-bond donors (Lipinski definition) is 1. The largest absolute Gasteiger partial charge is 0.306 e. The molecule has 0 saturated heterocycles. The fraction of sp³-hybridized carbons (Fsp3) is 0.143. The molecule has 3 rings (SSSR count). The standard InChI is InChI=1S/C21H20ClN/c1-16(20-12-5-6-13-21(20)22)23-15-17-8-7-11-19(14-17)18-9-3-2-4-10-18/h2-14,16,23H,15H2,1H3. The van der Waals surface area contributed by atoms with Crippen LogP contribution in [-0.2, 0) is 6.54 Å². The Morgan fingerprint density at radius 1 is 0.826 bits per heavy atom. The van der Waals surface area contributed by atoms with Gasteiger partial charge in [0.2, 0.25) is 0 Å². The maximum atomic E-state index is 6.27. The van der Waals surface area contributed by atoms with Crippen LogP contribution in [0.1, 0.15) is 24.1 Å². The molecule has 1 nitrogen and oxygen atoms in total. The highest BCUT2D eigenvalue weighted by molar-refractivity contribution is 6.31. The lowest BCUT2D eigenvalue weighted by molar-refractivity contribution is 0.575. The molecule has 23 heavy (non-hydrogen) atoms. The summed E-state index contributed by atoms with van der Waals surface area (Å²) in [6, 6.07) is 27.3. The number of nitrogens with one attached hydrogen (secondary N) is 1. The summed E-state index contributed by atoms with van der Waals surface area (Å²) in [6.07, 6.45) is 0. The Bertz CT molecular complexity index is 768. The minimum atomic E-state index is 0.212. The molecule has 0 spiro atoms. The Kier molecular flexibility index (Phi) is 5.12. The molecule has 3 aromatic rings. The summed E-state index contributed by atoms with van der Waals surface area (Å²) in [4.78, 5) is 0. The molecular formula is C21H20ClN. The summed E-state index contributed by atoms with van der Waals surface area (Å²) >= 11 is 6.27. The van der Waals surface area contributed by atoms with E-state index in [1.807, 2.05) is 24.3 Å². The maximum absolute atomic E-state index is 6.27. The Balaban J connectivity index is 1.71. The van der Waals surface area contributed by atoms with Gasteiger partial charge in [-0.2, -0.15) is 0 Å². The zero-order chi connectivity index (χ0) is 16.1. The molecule has 0 aliphatic rings. The van der Waals surface area contributed by atoms with Crippen molar-refractivity contribution in [3.63, 3.8) is 0 Å². The van der Waals surface area contributed by atoms with Crippen molar-refractivity contribution < 1.29 is 0 Å². The van der Waals surface area contributed by atoms with Gasteiger partial charge in [-0.05, 0) is 41.3 Å². The lowest BCUT2D eigenvalue weighted by Gasteiger charge is -2.16. The molecule has 1 atom stereocenters. The maximum Gasteiger partial charge on any atom is 0.0453 e. The zero-order valence-electron chi connectivity index (χ0n) is 13.2. The molecule has 0 saturated carbocycles. The topological polar surface area (TPSA) is 12.0 Å². The summed E-state index contributed by atoms with van der Waals surface area (Å²) in [7, 11) is 0. The number of halogens is 1. The van der Waals surface area contributed by atoms with Crippen molar-refractivity contribution in [2.24, 2.45) is 0 Å². The van der Waals surface area contributed by atoms with Crippen LogP contribution in [0.4, 0.5) is 0 Å². The van der Waals surface area contributed by atoms with E-state index in [2.05, 4.69) is 66.8 Å². The summed E-state index contributed by atoms with van der Waals surface area (Å²) in [5, 5.41) is 4.36. The molecule has 0 fully saturated rings. The number of rotatable bonds is 5. The molecule has 0 aromatic heterocycles. The summed E-state index contributed by atoms with van der Waals surface area (Å²) in [6.45, 7) is 2.95. The van der Waals surface area contributed by atoms with Gasteiger partial charge in [-0.25, -0.2) is 0 Å². The van der Waals surface area contributed by atoms with Crippen LogP contribution in [-0.4, -0.2) is 0 Å². The molecule has 3 aromatic carbocycles. The highest BCUT2D eigenvalue weighted by atomic mass is 35.5. The molecule has 1 unspecified atom stereocenters. The molecule has 1 N–H and O–H groups in total. The van der Waals surface area contributed by atoms with Gasteiger partial charge in [0.25, 0.3) is 0 Å². The lowest BCUT2D eigenvalue weighted by Crippen LogP contribution is -2.18. The average Bonchev–Trinajstić information content (AvgIpc) is 2.61. The molecule has 0 bridgehead atoms. The number of hydrogen-bond acceptors (Lipinski definition) is 1. The van der Waals surface area contributed by atoms with Gasteiger partial charge in [-0.3, -0.25) is 0 Å². The van der Waals surface area contributed by atoms with E-state index in [4.69, 9.17) is 11.6 Å². The zero-order valence-corrected chi connectivity index (χ0v) is 13.9. The Hall–Kier alpha value is -2.09. The molecule has 0 heterocycles. The highest BCUT2D eigenvalue weighted by Crippen LogP contribution is 2.23. The van der Waals surface area contributed by atoms with Crippen molar-refractivity contribution >= 4 is 11.6 Å². The van der Waals surface area contributed by atoms with Crippen LogP contribution < -0.4 is 5.32 Å². The van der Waals surface area contributed by atoms with E-state index in [9.17, 15) is 0 Å². The second-order valence-corrected chi connectivity index (χ2v) is 6.10. The van der Waals surface area contributed by atoms with Crippen molar-refractivity contribution in [2.45, 2.75) is 19.5 Å². The van der Waals surface area contributed by atoms with Crippen molar-refractivity contribution in [1.29, 1.82) is 0 Å². The van der Waals surface area contributed by atoms with Gasteiger partial charge in [-0.15, -0.1) is 0 Å². The SMILES string of the molecule is CC(NCc1cccc(-c2ccccc2)c1)c1ccccc1Cl. The molecular weight excluding hydrogens is 302 g/mol. The Labute approximate surface area is 142 Å². The smallest absolute Gasteiger partial charge is 0.0453 e. The summed E-state index contributed by atoms with van der Waals surface area (Å²) < 4.78 is 0. The second-order valence-electron chi connectivity index (χ2n) is 5.69. The van der Waals surface area contributed by atoms with Gasteiger partial charge < -0.3 is 5.32 Å². The van der Waals surface area contributed by atoms with Crippen molar-refractivity contribution in [3.05, 3.63) is 95.0 Å². The first-order chi connectivity index (χ1) is 11.2. The van der Waals surface area contributed by atoms with E-state index in [1.54, 1.807) is 0 Å². The average molecular weight is 322 g/mol. The van der Waals surface area contributed by atoms with Crippen LogP contribution in [0.15, 0.2) is 78.9 Å². The van der Waals surface area contributed by atoms with E-state index in [0.717, 1.165) is 17.1 Å². The van der Waals surface area contributed by atoms with Crippen molar-refractivity contribution in [1.82, 2.24) is 5.32 Å². The van der Waals surface area contributed by atoms with Crippen molar-refractivity contribution in [2.75, 3.05) is 0 Å². The van der Waals surface area contributed by atoms with Gasteiger partial charge >= 0.3 is 0 Å². The van der Waals surface area contributed by atoms with Crippen molar-refractivity contribution in [3.8, 4) is 11.1 Å². The van der Waals surface area contributed by atoms with Gasteiger partial charge in [0.1, 0.15) is 0 Å². The molecule has 0 amide bonds. The Morgan fingerprint density at radius 2 is 1.52 bits per heavy atom. The van der Waals surface area contributed by atoms with Gasteiger partial charge in [0.15, 0.2) is 0 Å². The fourth-order valence-electron chi connectivity index (χ4n) is 2.70. The van der Waals surface area contributed by atoms with Crippen LogP contribution in [0.3, 0.4) is 0 Å². The fourth-order valence-corrected chi connectivity index (χ4v) is 3.00. The predicted molar refractivity (Wildman–Crippen MR) is 98.6 cm³/mol. The Morgan fingerprint density at radius 3 is 2.30 bits per heavy atom. The third kappa shape index (κ3) is 4.01. The van der Waals surface area contributed by atoms with Crippen LogP contribution in [0.2, 0.25) is 5.02 Å². The molecule has 0 aliphatic heterocycles. The summed E-state index contributed by atoms with van der Waals surface area (Å²) in [5.41, 5.74) is 4.89. The molecule has 0 radical (unpaired) electrons. The highest BCUT2D eigenvalue weighted by Gasteiger charge is 2.08. The van der Waals surface area contributed by atoms with E-state index in [-0.39, 0.29) is 6.04 Å². The van der Waals surface area contributed by atoms with Gasteiger partial charge in [0.05, 0.1) is 0 Å². The molecule has 2 heteroatoms. The third-order valence-corrected chi connectivity index (χ3v) is 4.36. The number of benzene rings is 3. The van der Waals surface area contributed by atoms with Gasteiger partial charge in [-0.1, -0.05) is 78.3 Å². The van der Waals surface area contributed by atoms with Crippen LogP contribution in [0.5, 0.6) is 0 Å². The quantitative estimate of drug-likeness (QED) is 0.620. The van der Waals surface area contributed by atoms with E-state index < -0.39 is 0 Å². The normalized spacial score (nSPS) is 12.1. The van der Waals surface area contributed by atoms with Crippen LogP contribution >= 0.6 is 11.6 Å². The molecule has 116 valence electrons. The first-order valence-electron chi connectivity index (χ1n) is 7.86. The first-order valence-corrected chi connectivity index (χ1v) is 8.24. The van der Waals surface area contributed by atoms with Crippen LogP contribution in [0.25, 0.3) is 11.1 Å².